The van der Waals surface area contributed by atoms with Crippen LogP contribution in [0.3, 0.4) is 0 Å². The number of aliphatic carboxylic acids is 2. The zero-order chi connectivity index (χ0) is 42.4. The molecule has 0 aliphatic rings. The van der Waals surface area contributed by atoms with Gasteiger partial charge in [-0.25, -0.2) is 0 Å². The Morgan fingerprint density at radius 3 is 1.11 bits per heavy atom. The topological polar surface area (TPSA) is 98.1 Å². The van der Waals surface area contributed by atoms with Crippen molar-refractivity contribution in [3.05, 3.63) is 0 Å². The molecule has 0 aromatic carbocycles. The summed E-state index contributed by atoms with van der Waals surface area (Å²) in [7, 11) is 0. The van der Waals surface area contributed by atoms with Gasteiger partial charge < -0.3 is 20.2 Å². The van der Waals surface area contributed by atoms with Crippen LogP contribution in [-0.2, 0) is 9.59 Å². The van der Waals surface area contributed by atoms with Gasteiger partial charge in [0, 0.05) is 0 Å². The largest absolute Gasteiger partial charge is 0.481 e. The number of carbonyl (C=O) groups is 2. The molecule has 4 atom stereocenters. The third-order valence-corrected chi connectivity index (χ3v) is 13.2. The molecule has 3 N–H and O–H groups in total. The maximum Gasteiger partial charge on any atom is 0.306 e. The Morgan fingerprint density at radius 2 is 0.737 bits per heavy atom. The molecule has 0 aromatic heterocycles. The first kappa shape index (κ1) is 55.9. The normalized spacial score (nSPS) is 15.1. The fourth-order valence-electron chi connectivity index (χ4n) is 9.67. The van der Waals surface area contributed by atoms with Gasteiger partial charge in [0.15, 0.2) is 0 Å². The fourth-order valence-corrected chi connectivity index (χ4v) is 9.67. The molecule has 0 bridgehead atoms. The minimum absolute atomic E-state index is 0.218. The summed E-state index contributed by atoms with van der Waals surface area (Å²) in [5.74, 6) is -0.159. The number of rotatable bonds is 45. The highest BCUT2D eigenvalue weighted by atomic mass is 16.4. The minimum Gasteiger partial charge on any atom is -0.481 e. The number of aliphatic hydroxyl groups is 1. The summed E-state index contributed by atoms with van der Waals surface area (Å²) in [5.41, 5.74) is -0.633. The van der Waals surface area contributed by atoms with Crippen LogP contribution in [-0.4, -0.2) is 57.4 Å². The van der Waals surface area contributed by atoms with Crippen molar-refractivity contribution in [3.8, 4) is 0 Å². The zero-order valence-corrected chi connectivity index (χ0v) is 39.3. The molecule has 6 heteroatoms. The van der Waals surface area contributed by atoms with Gasteiger partial charge >= 0.3 is 11.9 Å². The van der Waals surface area contributed by atoms with Crippen molar-refractivity contribution in [2.75, 3.05) is 19.6 Å². The number of unbranched alkanes of at least 4 members (excludes halogenated alkanes) is 11. The molecule has 4 unspecified atom stereocenters. The smallest absolute Gasteiger partial charge is 0.306 e. The molecule has 0 rings (SSSR count). The lowest BCUT2D eigenvalue weighted by atomic mass is 9.85. The molecule has 0 saturated heterocycles. The van der Waals surface area contributed by atoms with Crippen molar-refractivity contribution in [3.63, 3.8) is 0 Å². The lowest BCUT2D eigenvalue weighted by Crippen LogP contribution is -2.30. The van der Waals surface area contributed by atoms with Crippen LogP contribution in [0.25, 0.3) is 0 Å². The van der Waals surface area contributed by atoms with Gasteiger partial charge in [-0.05, 0) is 102 Å². The third kappa shape index (κ3) is 32.3. The van der Waals surface area contributed by atoms with Gasteiger partial charge in [-0.15, -0.1) is 0 Å². The second-order valence-corrected chi connectivity index (χ2v) is 18.7. The Bertz CT molecular complexity index is 833. The fraction of sp³-hybridized carbons (Fsp3) is 0.961. The zero-order valence-electron chi connectivity index (χ0n) is 39.3. The van der Waals surface area contributed by atoms with E-state index in [-0.39, 0.29) is 11.8 Å². The molecule has 0 radical (unpaired) electrons. The molecule has 0 aliphatic carbocycles. The molecular formula is C51H101NO5. The van der Waals surface area contributed by atoms with Crippen LogP contribution >= 0.6 is 0 Å². The highest BCUT2D eigenvalue weighted by Crippen LogP contribution is 2.30. The van der Waals surface area contributed by atoms with Crippen LogP contribution in [0.5, 0.6) is 0 Å². The molecule has 0 aliphatic heterocycles. The van der Waals surface area contributed by atoms with Crippen molar-refractivity contribution < 1.29 is 24.9 Å². The molecule has 0 saturated carbocycles. The predicted octanol–water partition coefficient (Wildman–Crippen LogP) is 15.4. The maximum atomic E-state index is 12.1. The van der Waals surface area contributed by atoms with Gasteiger partial charge in [-0.2, -0.15) is 0 Å². The van der Waals surface area contributed by atoms with Gasteiger partial charge in [-0.1, -0.05) is 196 Å². The Hall–Kier alpha value is -1.14. The van der Waals surface area contributed by atoms with Crippen LogP contribution in [0, 0.1) is 23.7 Å². The highest BCUT2D eigenvalue weighted by molar-refractivity contribution is 5.70. The predicted molar refractivity (Wildman–Crippen MR) is 246 cm³/mol. The number of carboxylic acids is 2. The van der Waals surface area contributed by atoms with Crippen molar-refractivity contribution >= 4 is 11.9 Å². The second kappa shape index (κ2) is 39.0. The monoisotopic (exact) mass is 808 g/mol. The Labute approximate surface area is 355 Å². The molecule has 57 heavy (non-hydrogen) atoms. The summed E-state index contributed by atoms with van der Waals surface area (Å²) in [6.45, 7) is 17.0. The number of carboxylic acid groups (broad SMARTS) is 2. The average molecular weight is 808 g/mol. The summed E-state index contributed by atoms with van der Waals surface area (Å²) in [6.07, 6.45) is 38.1. The van der Waals surface area contributed by atoms with Crippen LogP contribution in [0.15, 0.2) is 0 Å². The molecule has 0 heterocycles. The van der Waals surface area contributed by atoms with Gasteiger partial charge in [0.25, 0.3) is 0 Å². The van der Waals surface area contributed by atoms with E-state index >= 15 is 0 Å². The van der Waals surface area contributed by atoms with Crippen molar-refractivity contribution in [1.29, 1.82) is 0 Å². The van der Waals surface area contributed by atoms with Crippen LogP contribution in [0.1, 0.15) is 266 Å². The van der Waals surface area contributed by atoms with Gasteiger partial charge in [0.1, 0.15) is 0 Å². The van der Waals surface area contributed by atoms with Gasteiger partial charge in [-0.3, -0.25) is 9.59 Å². The summed E-state index contributed by atoms with van der Waals surface area (Å²) in [5, 5.41) is 31.8. The SMILES string of the molecule is CCCCCC(CCC)CCCC(CCCCCCC(O)(CCCCCCC(CCCC(CCC)CCCCC)C(=O)O)CCCCN(CCC)CCC)C(=O)O. The first-order valence-electron chi connectivity index (χ1n) is 25.5. The van der Waals surface area contributed by atoms with E-state index in [9.17, 15) is 24.9 Å². The Kier molecular flexibility index (Phi) is 38.2. The highest BCUT2D eigenvalue weighted by Gasteiger charge is 2.26. The summed E-state index contributed by atoms with van der Waals surface area (Å²) >= 11 is 0. The lowest BCUT2D eigenvalue weighted by molar-refractivity contribution is -0.143. The van der Waals surface area contributed by atoms with E-state index in [1.165, 1.54) is 103 Å². The van der Waals surface area contributed by atoms with Crippen molar-refractivity contribution in [2.24, 2.45) is 23.7 Å². The van der Waals surface area contributed by atoms with E-state index in [2.05, 4.69) is 46.4 Å². The van der Waals surface area contributed by atoms with E-state index in [1.54, 1.807) is 0 Å². The Morgan fingerprint density at radius 1 is 0.386 bits per heavy atom. The standard InChI is InChI=1S/C51H101NO5/c1-7-13-19-31-45(29-9-3)33-27-37-47(49(53)54)35-21-15-17-23-39-51(57,41-25-26-44-52(42-11-5)43-12-6)40-24-18-16-22-36-48(50(55)56)38-28-34-46(30-10-4)32-20-14-8-2/h45-48,57H,7-44H2,1-6H3,(H,53,54)(H,55,56). The van der Waals surface area contributed by atoms with Crippen molar-refractivity contribution in [2.45, 2.75) is 272 Å². The van der Waals surface area contributed by atoms with E-state index in [0.717, 1.165) is 153 Å². The second-order valence-electron chi connectivity index (χ2n) is 18.7. The summed E-state index contributed by atoms with van der Waals surface area (Å²) in [6, 6.07) is 0. The quantitative estimate of drug-likeness (QED) is 0.0530. The average Bonchev–Trinajstić information content (AvgIpc) is 3.17. The molecule has 0 aromatic rings. The lowest BCUT2D eigenvalue weighted by Gasteiger charge is -2.29. The molecule has 0 spiro atoms. The van der Waals surface area contributed by atoms with Crippen LogP contribution < -0.4 is 0 Å². The molecular weight excluding hydrogens is 707 g/mol. The third-order valence-electron chi connectivity index (χ3n) is 13.2. The first-order chi connectivity index (χ1) is 27.6. The molecule has 6 nitrogen and oxygen atoms in total. The molecule has 0 fully saturated rings. The molecule has 340 valence electrons. The van der Waals surface area contributed by atoms with E-state index in [0.29, 0.717) is 0 Å². The maximum absolute atomic E-state index is 12.1. The first-order valence-corrected chi connectivity index (χ1v) is 25.5. The number of hydrogen-bond donors (Lipinski definition) is 3. The van der Waals surface area contributed by atoms with Crippen LogP contribution in [0.4, 0.5) is 0 Å². The Balaban J connectivity index is 4.88. The summed E-state index contributed by atoms with van der Waals surface area (Å²) < 4.78 is 0. The summed E-state index contributed by atoms with van der Waals surface area (Å²) in [4.78, 5) is 26.8. The number of hydrogen-bond acceptors (Lipinski definition) is 4. The van der Waals surface area contributed by atoms with Crippen LogP contribution in [0.2, 0.25) is 0 Å². The number of nitrogens with zero attached hydrogens (tertiary/aromatic N) is 1. The van der Waals surface area contributed by atoms with E-state index in [1.807, 2.05) is 0 Å². The van der Waals surface area contributed by atoms with E-state index in [4.69, 9.17) is 0 Å². The molecule has 0 amide bonds. The van der Waals surface area contributed by atoms with E-state index < -0.39 is 17.5 Å². The van der Waals surface area contributed by atoms with Gasteiger partial charge in [0.2, 0.25) is 0 Å². The van der Waals surface area contributed by atoms with Gasteiger partial charge in [0.05, 0.1) is 17.4 Å². The minimum atomic E-state index is -0.633. The van der Waals surface area contributed by atoms with Crippen molar-refractivity contribution in [1.82, 2.24) is 4.90 Å².